The summed E-state index contributed by atoms with van der Waals surface area (Å²) in [6.07, 6.45) is 4.08. The molecule has 20 heavy (non-hydrogen) atoms. The van der Waals surface area contributed by atoms with Crippen LogP contribution in [-0.2, 0) is 4.74 Å². The molecular formula is C16H30N2O2. The van der Waals surface area contributed by atoms with Crippen LogP contribution in [0.25, 0.3) is 0 Å². The molecule has 0 aromatic carbocycles. The number of amides is 1. The second-order valence-electron chi connectivity index (χ2n) is 8.34. The lowest BCUT2D eigenvalue weighted by atomic mass is 9.82. The third kappa shape index (κ3) is 2.67. The third-order valence-electron chi connectivity index (χ3n) is 4.94. The summed E-state index contributed by atoms with van der Waals surface area (Å²) in [7, 11) is 4.28. The van der Waals surface area contributed by atoms with Crippen LogP contribution in [-0.4, -0.2) is 52.7 Å². The molecule has 1 amide bonds. The van der Waals surface area contributed by atoms with Gasteiger partial charge in [-0.05, 0) is 74.4 Å². The van der Waals surface area contributed by atoms with Gasteiger partial charge in [-0.1, -0.05) is 0 Å². The molecule has 4 nitrogen and oxygen atoms in total. The molecule has 2 aliphatic heterocycles. The van der Waals surface area contributed by atoms with Gasteiger partial charge in [0.1, 0.15) is 5.60 Å². The van der Waals surface area contributed by atoms with Gasteiger partial charge in [-0.3, -0.25) is 4.90 Å². The lowest BCUT2D eigenvalue weighted by molar-refractivity contribution is -0.0478. The number of nitrogens with zero attached hydrogens (tertiary/aromatic N) is 2. The molecule has 2 saturated heterocycles. The molecule has 2 fully saturated rings. The Morgan fingerprint density at radius 1 is 1.15 bits per heavy atom. The molecule has 4 heteroatoms. The highest BCUT2D eigenvalue weighted by Crippen LogP contribution is 2.51. The average molecular weight is 282 g/mol. The summed E-state index contributed by atoms with van der Waals surface area (Å²) < 4.78 is 5.66. The predicted octanol–water partition coefficient (Wildman–Crippen LogP) is 3.26. The maximum Gasteiger partial charge on any atom is 0.411 e. The van der Waals surface area contributed by atoms with Crippen LogP contribution < -0.4 is 0 Å². The molecule has 0 N–H and O–H groups in total. The van der Waals surface area contributed by atoms with E-state index in [0.717, 1.165) is 25.7 Å². The summed E-state index contributed by atoms with van der Waals surface area (Å²) in [4.78, 5) is 17.0. The first-order chi connectivity index (χ1) is 8.97. The number of piperidine rings is 1. The molecule has 1 unspecified atom stereocenters. The first-order valence-corrected chi connectivity index (χ1v) is 7.67. The molecule has 0 aromatic heterocycles. The molecule has 0 saturated carbocycles. The standard InChI is InChI=1S/C16H30N2O2/c1-14(2,3)20-13(19)18-15(4)8-9-16(18,5)11-12(10-15)17(6)7/h12H,8-11H2,1-7H3/t12?,15-,16+. The maximum atomic E-state index is 12.7. The molecule has 116 valence electrons. The van der Waals surface area contributed by atoms with Crippen molar-refractivity contribution in [3.8, 4) is 0 Å². The second-order valence-corrected chi connectivity index (χ2v) is 8.34. The molecule has 2 aliphatic rings. The van der Waals surface area contributed by atoms with Crippen LogP contribution in [0.3, 0.4) is 0 Å². The minimum atomic E-state index is -0.429. The third-order valence-corrected chi connectivity index (χ3v) is 4.94. The van der Waals surface area contributed by atoms with Crippen molar-refractivity contribution in [2.45, 2.75) is 83.0 Å². The first-order valence-electron chi connectivity index (χ1n) is 7.67. The second kappa shape index (κ2) is 4.62. The van der Waals surface area contributed by atoms with Gasteiger partial charge >= 0.3 is 6.09 Å². The topological polar surface area (TPSA) is 32.8 Å². The molecule has 0 aliphatic carbocycles. The summed E-state index contributed by atoms with van der Waals surface area (Å²) in [6, 6.07) is 0.547. The van der Waals surface area contributed by atoms with Crippen LogP contribution in [0, 0.1) is 0 Å². The Hall–Kier alpha value is -0.770. The van der Waals surface area contributed by atoms with E-state index in [9.17, 15) is 4.79 Å². The van der Waals surface area contributed by atoms with Crippen molar-refractivity contribution in [2.75, 3.05) is 14.1 Å². The number of carbonyl (C=O) groups is 1. The predicted molar refractivity (Wildman–Crippen MR) is 80.8 cm³/mol. The molecule has 2 rings (SSSR count). The van der Waals surface area contributed by atoms with E-state index in [1.54, 1.807) is 0 Å². The zero-order valence-electron chi connectivity index (χ0n) is 14.1. The van der Waals surface area contributed by atoms with Gasteiger partial charge in [-0.15, -0.1) is 0 Å². The van der Waals surface area contributed by atoms with Crippen LogP contribution in [0.1, 0.15) is 60.3 Å². The number of hydrogen-bond acceptors (Lipinski definition) is 3. The van der Waals surface area contributed by atoms with E-state index in [-0.39, 0.29) is 17.2 Å². The lowest BCUT2D eigenvalue weighted by Crippen LogP contribution is -2.62. The van der Waals surface area contributed by atoms with Crippen LogP contribution in [0.15, 0.2) is 0 Å². The zero-order chi connectivity index (χ0) is 15.3. The maximum absolute atomic E-state index is 12.7. The summed E-state index contributed by atoms with van der Waals surface area (Å²) in [6.45, 7) is 10.2. The summed E-state index contributed by atoms with van der Waals surface area (Å²) in [5, 5.41) is 0. The molecule has 0 aromatic rings. The van der Waals surface area contributed by atoms with Gasteiger partial charge in [0.05, 0.1) is 0 Å². The van der Waals surface area contributed by atoms with E-state index >= 15 is 0 Å². The fourth-order valence-corrected chi connectivity index (χ4v) is 4.00. The highest BCUT2D eigenvalue weighted by Gasteiger charge is 2.58. The van der Waals surface area contributed by atoms with Crippen LogP contribution in [0.5, 0.6) is 0 Å². The monoisotopic (exact) mass is 282 g/mol. The number of fused-ring (bicyclic) bond motifs is 2. The first kappa shape index (κ1) is 15.6. The number of hydrogen-bond donors (Lipinski definition) is 0. The van der Waals surface area contributed by atoms with Crippen molar-refractivity contribution in [2.24, 2.45) is 0 Å². The Labute approximate surface area is 123 Å². The van der Waals surface area contributed by atoms with Crippen molar-refractivity contribution in [1.82, 2.24) is 9.80 Å². The molecule has 3 atom stereocenters. The van der Waals surface area contributed by atoms with Gasteiger partial charge in [0, 0.05) is 17.1 Å². The van der Waals surface area contributed by atoms with Crippen LogP contribution >= 0.6 is 0 Å². The van der Waals surface area contributed by atoms with Gasteiger partial charge in [-0.25, -0.2) is 4.79 Å². The average Bonchev–Trinajstić information content (AvgIpc) is 2.39. The van der Waals surface area contributed by atoms with Gasteiger partial charge in [0.25, 0.3) is 0 Å². The lowest BCUT2D eigenvalue weighted by Gasteiger charge is -2.52. The number of ether oxygens (including phenoxy) is 1. The minimum Gasteiger partial charge on any atom is -0.444 e. The largest absolute Gasteiger partial charge is 0.444 e. The molecule has 0 spiro atoms. The van der Waals surface area contributed by atoms with E-state index < -0.39 is 5.60 Å². The van der Waals surface area contributed by atoms with E-state index in [1.165, 1.54) is 0 Å². The van der Waals surface area contributed by atoms with Crippen LogP contribution in [0.2, 0.25) is 0 Å². The van der Waals surface area contributed by atoms with Crippen molar-refractivity contribution >= 4 is 6.09 Å². The fraction of sp³-hybridized carbons (Fsp3) is 0.938. The Morgan fingerprint density at radius 2 is 1.60 bits per heavy atom. The fourth-order valence-electron chi connectivity index (χ4n) is 4.00. The SMILES string of the molecule is CN(C)C1C[C@]2(C)CC[C@](C)(C1)N2C(=O)OC(C)(C)C. The smallest absolute Gasteiger partial charge is 0.411 e. The van der Waals surface area contributed by atoms with Gasteiger partial charge in [0.2, 0.25) is 0 Å². The summed E-state index contributed by atoms with van der Waals surface area (Å²) >= 11 is 0. The molecular weight excluding hydrogens is 252 g/mol. The van der Waals surface area contributed by atoms with Crippen molar-refractivity contribution in [1.29, 1.82) is 0 Å². The molecule has 2 bridgehead atoms. The van der Waals surface area contributed by atoms with Crippen molar-refractivity contribution in [3.63, 3.8) is 0 Å². The number of rotatable bonds is 1. The Balaban J connectivity index is 2.25. The van der Waals surface area contributed by atoms with Crippen molar-refractivity contribution in [3.05, 3.63) is 0 Å². The Kier molecular flexibility index (Phi) is 3.61. The van der Waals surface area contributed by atoms with E-state index in [4.69, 9.17) is 4.74 Å². The summed E-state index contributed by atoms with van der Waals surface area (Å²) in [5.41, 5.74) is -0.559. The minimum absolute atomic E-state index is 0.0652. The molecule has 0 radical (unpaired) electrons. The highest BCUT2D eigenvalue weighted by atomic mass is 16.6. The highest BCUT2D eigenvalue weighted by molar-refractivity contribution is 5.71. The van der Waals surface area contributed by atoms with E-state index in [0.29, 0.717) is 6.04 Å². The quantitative estimate of drug-likeness (QED) is 0.740. The van der Waals surface area contributed by atoms with Gasteiger partial charge < -0.3 is 9.64 Å². The van der Waals surface area contributed by atoms with Gasteiger partial charge in [0.15, 0.2) is 0 Å². The normalized spacial score (nSPS) is 37.4. The van der Waals surface area contributed by atoms with E-state index in [2.05, 4.69) is 32.8 Å². The zero-order valence-corrected chi connectivity index (χ0v) is 14.1. The molecule has 2 heterocycles. The van der Waals surface area contributed by atoms with E-state index in [1.807, 2.05) is 25.7 Å². The number of carbonyl (C=O) groups excluding carboxylic acids is 1. The van der Waals surface area contributed by atoms with Crippen LogP contribution in [0.4, 0.5) is 4.79 Å². The Morgan fingerprint density at radius 3 is 1.95 bits per heavy atom. The van der Waals surface area contributed by atoms with Gasteiger partial charge in [-0.2, -0.15) is 0 Å². The van der Waals surface area contributed by atoms with Crippen molar-refractivity contribution < 1.29 is 9.53 Å². The Bertz CT molecular complexity index is 382. The summed E-state index contributed by atoms with van der Waals surface area (Å²) in [5.74, 6) is 0.